The second-order valence-corrected chi connectivity index (χ2v) is 11.2. The fourth-order valence-corrected chi connectivity index (χ4v) is 7.30. The number of quaternary nitrogens is 1. The molecule has 190 valence electrons. The normalized spacial score (nSPS) is 24.8. The van der Waals surface area contributed by atoms with E-state index in [9.17, 15) is 5.11 Å². The van der Waals surface area contributed by atoms with Crippen LogP contribution in [0.2, 0.25) is 0 Å². The Morgan fingerprint density at radius 3 is 2.16 bits per heavy atom. The standard InChI is InChI=1S/C32H33N2O2.BrH/c35-32(29-12-6-4-10-27(29)28-11-5-7-13-30(28)32)31-33-20-26(36-31)22-34-18-16-24(17-19-34)25(21-34)15-14-23-8-2-1-3-9-23;/h1-13,20,24-25,35H,14-19,21-22H2;1H/q+1;/p-1. The number of oxazole rings is 1. The minimum absolute atomic E-state index is 0. The summed E-state index contributed by atoms with van der Waals surface area (Å²) in [6.07, 6.45) is 6.92. The first-order valence-corrected chi connectivity index (χ1v) is 13.4. The quantitative estimate of drug-likeness (QED) is 0.371. The molecule has 0 spiro atoms. The van der Waals surface area contributed by atoms with Gasteiger partial charge in [0.1, 0.15) is 6.54 Å². The molecule has 4 aromatic rings. The average molecular weight is 558 g/mol. The molecule has 1 N–H and O–H groups in total. The van der Waals surface area contributed by atoms with Gasteiger partial charge in [-0.3, -0.25) is 0 Å². The first kappa shape index (κ1) is 24.6. The van der Waals surface area contributed by atoms with Crippen molar-refractivity contribution in [3.8, 4) is 11.1 Å². The van der Waals surface area contributed by atoms with Gasteiger partial charge in [-0.15, -0.1) is 0 Å². The van der Waals surface area contributed by atoms with Crippen LogP contribution in [-0.4, -0.2) is 34.2 Å². The highest BCUT2D eigenvalue weighted by Gasteiger charge is 2.48. The van der Waals surface area contributed by atoms with Crippen LogP contribution in [0.15, 0.2) is 89.5 Å². The summed E-state index contributed by atoms with van der Waals surface area (Å²) in [6, 6.07) is 27.0. The summed E-state index contributed by atoms with van der Waals surface area (Å²) in [6.45, 7) is 4.53. The van der Waals surface area contributed by atoms with Crippen LogP contribution in [0.25, 0.3) is 11.1 Å². The van der Waals surface area contributed by atoms with E-state index in [4.69, 9.17) is 4.42 Å². The first-order chi connectivity index (χ1) is 17.6. The predicted molar refractivity (Wildman–Crippen MR) is 140 cm³/mol. The van der Waals surface area contributed by atoms with Gasteiger partial charge in [0.2, 0.25) is 5.89 Å². The summed E-state index contributed by atoms with van der Waals surface area (Å²) in [7, 11) is 0. The number of aromatic nitrogens is 1. The van der Waals surface area contributed by atoms with Crippen molar-refractivity contribution in [1.29, 1.82) is 0 Å². The fraction of sp³-hybridized carbons (Fsp3) is 0.344. The van der Waals surface area contributed by atoms with Gasteiger partial charge in [-0.05, 0) is 35.4 Å². The van der Waals surface area contributed by atoms with Crippen molar-refractivity contribution in [2.45, 2.75) is 37.8 Å². The number of aryl methyl sites for hydroxylation is 1. The Morgan fingerprint density at radius 2 is 1.49 bits per heavy atom. The Kier molecular flexibility index (Phi) is 6.34. The maximum atomic E-state index is 12.1. The molecule has 3 fully saturated rings. The van der Waals surface area contributed by atoms with Crippen LogP contribution >= 0.6 is 0 Å². The van der Waals surface area contributed by atoms with Gasteiger partial charge in [0.15, 0.2) is 11.4 Å². The SMILES string of the molecule is OC1(c2ncc(C[N+]34CCC(CC3)C(CCc3ccccc3)C4)o2)c2ccccc2-c2ccccc21.[Br-]. The Hall–Kier alpha value is -2.73. The molecule has 4 nitrogen and oxygen atoms in total. The minimum Gasteiger partial charge on any atom is -1.00 e. The number of aliphatic hydroxyl groups is 1. The number of piperidine rings is 3. The van der Waals surface area contributed by atoms with E-state index < -0.39 is 5.60 Å². The molecular weight excluding hydrogens is 524 g/mol. The van der Waals surface area contributed by atoms with Crippen LogP contribution in [0.4, 0.5) is 0 Å². The zero-order valence-corrected chi connectivity index (χ0v) is 22.6. The van der Waals surface area contributed by atoms with Gasteiger partial charge >= 0.3 is 0 Å². The number of benzene rings is 3. The second kappa shape index (κ2) is 9.54. The van der Waals surface area contributed by atoms with Gasteiger partial charge < -0.3 is 31.0 Å². The summed E-state index contributed by atoms with van der Waals surface area (Å²) < 4.78 is 7.51. The molecule has 3 aliphatic heterocycles. The lowest BCUT2D eigenvalue weighted by Gasteiger charge is -2.52. The molecule has 1 aliphatic carbocycles. The van der Waals surface area contributed by atoms with Crippen molar-refractivity contribution < 1.29 is 31.0 Å². The molecule has 1 unspecified atom stereocenters. The van der Waals surface area contributed by atoms with Crippen molar-refractivity contribution >= 4 is 0 Å². The van der Waals surface area contributed by atoms with E-state index in [1.807, 2.05) is 42.6 Å². The van der Waals surface area contributed by atoms with Gasteiger partial charge in [0.25, 0.3) is 0 Å². The third-order valence-corrected chi connectivity index (χ3v) is 9.16. The topological polar surface area (TPSA) is 46.3 Å². The number of rotatable bonds is 6. The summed E-state index contributed by atoms with van der Waals surface area (Å²) in [5.74, 6) is 2.92. The van der Waals surface area contributed by atoms with E-state index in [1.165, 1.54) is 50.9 Å². The summed E-state index contributed by atoms with van der Waals surface area (Å²) >= 11 is 0. The maximum Gasteiger partial charge on any atom is 0.236 e. The number of nitrogens with zero attached hydrogens (tertiary/aromatic N) is 2. The van der Waals surface area contributed by atoms with E-state index in [1.54, 1.807) is 0 Å². The van der Waals surface area contributed by atoms with Crippen molar-refractivity contribution in [2.75, 3.05) is 19.6 Å². The molecule has 4 aliphatic rings. The van der Waals surface area contributed by atoms with Crippen molar-refractivity contribution in [3.63, 3.8) is 0 Å². The number of hydrogen-bond acceptors (Lipinski definition) is 3. The summed E-state index contributed by atoms with van der Waals surface area (Å²) in [5, 5.41) is 12.1. The van der Waals surface area contributed by atoms with Crippen molar-refractivity contribution in [3.05, 3.63) is 113 Å². The maximum absolute atomic E-state index is 12.1. The molecule has 0 amide bonds. The van der Waals surface area contributed by atoms with E-state index >= 15 is 0 Å². The van der Waals surface area contributed by atoms with E-state index in [-0.39, 0.29) is 17.0 Å². The molecule has 1 aromatic heterocycles. The van der Waals surface area contributed by atoms with E-state index in [0.717, 1.165) is 50.9 Å². The summed E-state index contributed by atoms with van der Waals surface area (Å²) in [4.78, 5) is 4.68. The Labute approximate surface area is 229 Å². The molecule has 3 aromatic carbocycles. The van der Waals surface area contributed by atoms with Crippen LogP contribution in [0, 0.1) is 11.8 Å². The lowest BCUT2D eigenvalue weighted by Crippen LogP contribution is -3.00. The number of halogens is 1. The first-order valence-electron chi connectivity index (χ1n) is 13.4. The van der Waals surface area contributed by atoms with Crippen LogP contribution in [-0.2, 0) is 18.6 Å². The molecule has 0 radical (unpaired) electrons. The number of fused-ring (bicyclic) bond motifs is 6. The van der Waals surface area contributed by atoms with Gasteiger partial charge in [-0.2, -0.15) is 0 Å². The highest BCUT2D eigenvalue weighted by atomic mass is 79.9. The lowest BCUT2D eigenvalue weighted by atomic mass is 9.74. The molecule has 37 heavy (non-hydrogen) atoms. The minimum atomic E-state index is -1.35. The van der Waals surface area contributed by atoms with Crippen LogP contribution in [0.1, 0.15) is 47.6 Å². The Balaban J connectivity index is 0.00000252. The predicted octanol–water partition coefficient (Wildman–Crippen LogP) is 2.93. The largest absolute Gasteiger partial charge is 1.00 e. The third kappa shape index (κ3) is 4.08. The van der Waals surface area contributed by atoms with E-state index in [0.29, 0.717) is 5.89 Å². The second-order valence-electron chi connectivity index (χ2n) is 11.2. The van der Waals surface area contributed by atoms with Crippen molar-refractivity contribution in [2.24, 2.45) is 11.8 Å². The fourth-order valence-electron chi connectivity index (χ4n) is 7.30. The monoisotopic (exact) mass is 556 g/mol. The molecule has 4 heterocycles. The third-order valence-electron chi connectivity index (χ3n) is 9.16. The van der Waals surface area contributed by atoms with Gasteiger partial charge in [0.05, 0.1) is 25.8 Å². The van der Waals surface area contributed by atoms with Crippen LogP contribution in [0.5, 0.6) is 0 Å². The molecule has 2 bridgehead atoms. The average Bonchev–Trinajstić information content (AvgIpc) is 3.50. The van der Waals surface area contributed by atoms with E-state index in [2.05, 4.69) is 47.4 Å². The molecule has 8 rings (SSSR count). The van der Waals surface area contributed by atoms with Crippen LogP contribution < -0.4 is 17.0 Å². The molecule has 0 saturated carbocycles. The highest BCUT2D eigenvalue weighted by Crippen LogP contribution is 2.50. The Morgan fingerprint density at radius 1 is 0.865 bits per heavy atom. The molecule has 3 saturated heterocycles. The zero-order chi connectivity index (χ0) is 24.2. The van der Waals surface area contributed by atoms with Crippen molar-refractivity contribution in [1.82, 2.24) is 4.98 Å². The molecular formula is C32H33BrN2O2. The van der Waals surface area contributed by atoms with Gasteiger partial charge in [-0.25, -0.2) is 4.98 Å². The van der Waals surface area contributed by atoms with Crippen LogP contribution in [0.3, 0.4) is 0 Å². The zero-order valence-electron chi connectivity index (χ0n) is 21.0. The lowest BCUT2D eigenvalue weighted by molar-refractivity contribution is -0.960. The summed E-state index contributed by atoms with van der Waals surface area (Å²) in [5.41, 5.74) is 3.91. The van der Waals surface area contributed by atoms with Gasteiger partial charge in [0, 0.05) is 29.9 Å². The molecule has 5 heteroatoms. The Bertz CT molecular complexity index is 1350. The highest BCUT2D eigenvalue weighted by molar-refractivity contribution is 5.81. The number of hydrogen-bond donors (Lipinski definition) is 1. The smallest absolute Gasteiger partial charge is 0.236 e. The molecule has 1 atom stereocenters. The van der Waals surface area contributed by atoms with Gasteiger partial charge in [-0.1, -0.05) is 78.9 Å².